The van der Waals surface area contributed by atoms with Crippen molar-refractivity contribution < 1.29 is 10.0 Å². The van der Waals surface area contributed by atoms with Crippen LogP contribution in [0.1, 0.15) is 26.7 Å². The number of hydrogen-bond acceptors (Lipinski definition) is 6. The first-order chi connectivity index (χ1) is 9.06. The maximum atomic E-state index is 10.8. The first-order valence-electron chi connectivity index (χ1n) is 6.39. The molecule has 0 fully saturated rings. The van der Waals surface area contributed by atoms with Gasteiger partial charge in [0.05, 0.1) is 23.2 Å². The highest BCUT2D eigenvalue weighted by Crippen LogP contribution is 2.20. The van der Waals surface area contributed by atoms with Crippen molar-refractivity contribution in [3.8, 4) is 0 Å². The summed E-state index contributed by atoms with van der Waals surface area (Å²) >= 11 is 0. The van der Waals surface area contributed by atoms with E-state index in [9.17, 15) is 15.2 Å². The maximum absolute atomic E-state index is 10.8. The van der Waals surface area contributed by atoms with Gasteiger partial charge in [-0.2, -0.15) is 0 Å². The van der Waals surface area contributed by atoms with Crippen LogP contribution >= 0.6 is 0 Å². The summed E-state index contributed by atoms with van der Waals surface area (Å²) in [6.07, 6.45) is 1.03. The molecule has 0 aliphatic carbocycles. The fourth-order valence-corrected chi connectivity index (χ4v) is 1.42. The Kier molecular flexibility index (Phi) is 6.01. The van der Waals surface area contributed by atoms with E-state index in [4.69, 9.17) is 0 Å². The number of pyridine rings is 1. The van der Waals surface area contributed by atoms with E-state index in [1.54, 1.807) is 0 Å². The van der Waals surface area contributed by atoms with Crippen LogP contribution in [0.5, 0.6) is 0 Å². The predicted molar refractivity (Wildman–Crippen MR) is 74.5 cm³/mol. The number of nitro groups is 1. The Morgan fingerprint density at radius 1 is 1.37 bits per heavy atom. The van der Waals surface area contributed by atoms with Gasteiger partial charge < -0.3 is 15.7 Å². The Bertz CT molecular complexity index is 425. The van der Waals surface area contributed by atoms with Gasteiger partial charge >= 0.3 is 0 Å². The van der Waals surface area contributed by atoms with Crippen LogP contribution in [-0.2, 0) is 0 Å². The number of anilines is 2. The molecule has 1 heterocycles. The summed E-state index contributed by atoms with van der Waals surface area (Å²) < 4.78 is 0. The Morgan fingerprint density at radius 2 is 2.00 bits per heavy atom. The fraction of sp³-hybridized carbons (Fsp3) is 0.583. The van der Waals surface area contributed by atoms with Crippen LogP contribution in [-0.4, -0.2) is 34.2 Å². The molecule has 1 aromatic heterocycles. The van der Waals surface area contributed by atoms with Crippen molar-refractivity contribution in [3.63, 3.8) is 0 Å². The molecule has 0 saturated carbocycles. The monoisotopic (exact) mass is 268 g/mol. The second-order valence-electron chi connectivity index (χ2n) is 4.22. The van der Waals surface area contributed by atoms with Crippen molar-refractivity contribution in [3.05, 3.63) is 22.2 Å². The largest absolute Gasteiger partial charge is 0.391 e. The van der Waals surface area contributed by atoms with Crippen molar-refractivity contribution >= 4 is 17.3 Å². The molecule has 19 heavy (non-hydrogen) atoms. The van der Waals surface area contributed by atoms with Crippen molar-refractivity contribution in [1.82, 2.24) is 4.98 Å². The van der Waals surface area contributed by atoms with Crippen molar-refractivity contribution in [1.29, 1.82) is 0 Å². The lowest BCUT2D eigenvalue weighted by Crippen LogP contribution is -2.19. The number of nitrogens with one attached hydrogen (secondary N) is 2. The van der Waals surface area contributed by atoms with E-state index in [1.807, 2.05) is 13.8 Å². The lowest BCUT2D eigenvalue weighted by Gasteiger charge is -2.11. The van der Waals surface area contributed by atoms with Crippen LogP contribution in [0.2, 0.25) is 0 Å². The molecule has 1 atom stereocenters. The molecule has 0 aromatic carbocycles. The molecule has 3 N–H and O–H groups in total. The van der Waals surface area contributed by atoms with Crippen LogP contribution < -0.4 is 10.6 Å². The smallest absolute Gasteiger partial charge is 0.276 e. The number of aliphatic hydroxyl groups excluding tert-OH is 1. The molecule has 1 unspecified atom stereocenters. The van der Waals surface area contributed by atoms with E-state index in [0.717, 1.165) is 6.42 Å². The van der Waals surface area contributed by atoms with Gasteiger partial charge in [-0.05, 0) is 12.8 Å². The molecule has 7 nitrogen and oxygen atoms in total. The second kappa shape index (κ2) is 7.52. The summed E-state index contributed by atoms with van der Waals surface area (Å²) in [6, 6.07) is 2.76. The highest BCUT2D eigenvalue weighted by atomic mass is 16.6. The van der Waals surface area contributed by atoms with Crippen LogP contribution in [0.4, 0.5) is 17.3 Å². The zero-order chi connectivity index (χ0) is 14.3. The molecule has 0 radical (unpaired) electrons. The van der Waals surface area contributed by atoms with Crippen LogP contribution in [0, 0.1) is 10.1 Å². The molecule has 0 amide bonds. The summed E-state index contributed by atoms with van der Waals surface area (Å²) in [5.41, 5.74) is -0.0258. The predicted octanol–water partition coefficient (Wildman–Crippen LogP) is 1.99. The fourth-order valence-electron chi connectivity index (χ4n) is 1.42. The standard InChI is InChI=1S/C12H20N4O3/c1-3-5-13-11-6-9(16(18)19)7-12(15-11)14-8-10(17)4-2/h6-7,10,17H,3-5,8H2,1-2H3,(H2,13,14,15). The number of aliphatic hydroxyl groups is 1. The molecular formula is C12H20N4O3. The highest BCUT2D eigenvalue weighted by Gasteiger charge is 2.11. The molecule has 7 heteroatoms. The molecule has 106 valence electrons. The quantitative estimate of drug-likeness (QED) is 0.492. The van der Waals surface area contributed by atoms with Crippen LogP contribution in [0.25, 0.3) is 0 Å². The van der Waals surface area contributed by atoms with E-state index < -0.39 is 11.0 Å². The normalized spacial score (nSPS) is 11.9. The molecule has 1 aromatic rings. The lowest BCUT2D eigenvalue weighted by atomic mass is 10.3. The van der Waals surface area contributed by atoms with Gasteiger partial charge in [0.15, 0.2) is 0 Å². The van der Waals surface area contributed by atoms with E-state index in [0.29, 0.717) is 31.1 Å². The Balaban J connectivity index is 2.83. The zero-order valence-corrected chi connectivity index (χ0v) is 11.2. The number of hydrogen-bond donors (Lipinski definition) is 3. The van der Waals surface area contributed by atoms with E-state index in [-0.39, 0.29) is 5.69 Å². The van der Waals surface area contributed by atoms with Gasteiger partial charge in [-0.1, -0.05) is 13.8 Å². The lowest BCUT2D eigenvalue weighted by molar-refractivity contribution is -0.384. The zero-order valence-electron chi connectivity index (χ0n) is 11.2. The third-order valence-electron chi connectivity index (χ3n) is 2.57. The third-order valence-corrected chi connectivity index (χ3v) is 2.57. The van der Waals surface area contributed by atoms with Gasteiger partial charge in [0.2, 0.25) is 0 Å². The Hall–Kier alpha value is -1.89. The minimum absolute atomic E-state index is 0.0258. The molecule has 0 spiro atoms. The van der Waals surface area contributed by atoms with Gasteiger partial charge in [0.25, 0.3) is 5.69 Å². The van der Waals surface area contributed by atoms with E-state index in [2.05, 4.69) is 15.6 Å². The van der Waals surface area contributed by atoms with Crippen LogP contribution in [0.15, 0.2) is 12.1 Å². The summed E-state index contributed by atoms with van der Waals surface area (Å²) in [4.78, 5) is 14.6. The molecule has 0 aliphatic rings. The Morgan fingerprint density at radius 3 is 2.53 bits per heavy atom. The summed E-state index contributed by atoms with van der Waals surface area (Å²) in [5, 5.41) is 26.2. The maximum Gasteiger partial charge on any atom is 0.276 e. The summed E-state index contributed by atoms with van der Waals surface area (Å²) in [7, 11) is 0. The Labute approximate surface area is 112 Å². The molecule has 1 rings (SSSR count). The molecular weight excluding hydrogens is 248 g/mol. The average molecular weight is 268 g/mol. The number of rotatable bonds is 8. The highest BCUT2D eigenvalue weighted by molar-refractivity contribution is 5.54. The van der Waals surface area contributed by atoms with Crippen molar-refractivity contribution in [2.45, 2.75) is 32.8 Å². The first kappa shape index (κ1) is 15.2. The van der Waals surface area contributed by atoms with Gasteiger partial charge in [0.1, 0.15) is 11.6 Å². The van der Waals surface area contributed by atoms with Gasteiger partial charge in [-0.15, -0.1) is 0 Å². The molecule has 0 saturated heterocycles. The van der Waals surface area contributed by atoms with Crippen molar-refractivity contribution in [2.24, 2.45) is 0 Å². The van der Waals surface area contributed by atoms with Gasteiger partial charge in [-0.3, -0.25) is 10.1 Å². The van der Waals surface area contributed by atoms with Gasteiger partial charge in [-0.25, -0.2) is 4.98 Å². The topological polar surface area (TPSA) is 100 Å². The van der Waals surface area contributed by atoms with E-state index in [1.165, 1.54) is 12.1 Å². The van der Waals surface area contributed by atoms with Crippen LogP contribution in [0.3, 0.4) is 0 Å². The minimum atomic E-state index is -0.492. The van der Waals surface area contributed by atoms with E-state index >= 15 is 0 Å². The minimum Gasteiger partial charge on any atom is -0.391 e. The average Bonchev–Trinajstić information content (AvgIpc) is 2.42. The molecule has 0 bridgehead atoms. The number of aromatic nitrogens is 1. The summed E-state index contributed by atoms with van der Waals surface area (Å²) in [5.74, 6) is 0.852. The SMILES string of the molecule is CCCNc1cc([N+](=O)[O-])cc(NCC(O)CC)n1. The third kappa shape index (κ3) is 5.09. The second-order valence-corrected chi connectivity index (χ2v) is 4.22. The summed E-state index contributed by atoms with van der Waals surface area (Å²) in [6.45, 7) is 4.88. The number of nitrogens with zero attached hydrogens (tertiary/aromatic N) is 2. The molecule has 0 aliphatic heterocycles. The van der Waals surface area contributed by atoms with Crippen molar-refractivity contribution in [2.75, 3.05) is 23.7 Å². The first-order valence-corrected chi connectivity index (χ1v) is 6.39. The van der Waals surface area contributed by atoms with Gasteiger partial charge in [0, 0.05) is 13.1 Å².